The van der Waals surface area contributed by atoms with Gasteiger partial charge in [-0.3, -0.25) is 9.59 Å². The third-order valence-electron chi connectivity index (χ3n) is 5.05. The van der Waals surface area contributed by atoms with Crippen LogP contribution in [0.25, 0.3) is 10.2 Å². The first-order valence-electron chi connectivity index (χ1n) is 9.22. The molecule has 2 amide bonds. The lowest BCUT2D eigenvalue weighted by atomic mass is 10.0. The average Bonchev–Trinajstić information content (AvgIpc) is 3.23. The van der Waals surface area contributed by atoms with Gasteiger partial charge in [-0.25, -0.2) is 4.98 Å². The summed E-state index contributed by atoms with van der Waals surface area (Å²) in [7, 11) is 0. The number of hydrogen-bond acceptors (Lipinski definition) is 4. The zero-order valence-electron chi connectivity index (χ0n) is 15.7. The minimum atomic E-state index is -0.396. The smallest absolute Gasteiger partial charge is 0.231 e. The monoisotopic (exact) mass is 413 g/mol. The van der Waals surface area contributed by atoms with Crippen LogP contribution in [0, 0.1) is 12.8 Å². The van der Waals surface area contributed by atoms with E-state index in [0.29, 0.717) is 16.7 Å². The van der Waals surface area contributed by atoms with Crippen molar-refractivity contribution in [2.45, 2.75) is 26.7 Å². The Bertz CT molecular complexity index is 1080. The minimum absolute atomic E-state index is 0.0137. The van der Waals surface area contributed by atoms with Crippen LogP contribution in [0.5, 0.6) is 0 Å². The van der Waals surface area contributed by atoms with Crippen LogP contribution in [0.2, 0.25) is 5.02 Å². The number of aromatic nitrogens is 1. The van der Waals surface area contributed by atoms with E-state index in [0.717, 1.165) is 33.5 Å². The molecule has 144 valence electrons. The van der Waals surface area contributed by atoms with Gasteiger partial charge in [0.15, 0.2) is 5.13 Å². The fourth-order valence-corrected chi connectivity index (χ4v) is 4.79. The van der Waals surface area contributed by atoms with Crippen LogP contribution in [0.1, 0.15) is 24.5 Å². The van der Waals surface area contributed by atoms with Crippen LogP contribution in [0.4, 0.5) is 10.8 Å². The SMILES string of the molecule is CCc1cccc(C)c1N1CC(C(=O)Nc2nc3ccc(Cl)cc3s2)CC1=O. The number of benzene rings is 2. The third kappa shape index (κ3) is 3.50. The molecule has 1 unspecified atom stereocenters. The van der Waals surface area contributed by atoms with E-state index < -0.39 is 5.92 Å². The maximum absolute atomic E-state index is 12.8. The largest absolute Gasteiger partial charge is 0.311 e. The molecule has 1 aliphatic rings. The molecule has 0 spiro atoms. The number of rotatable bonds is 4. The lowest BCUT2D eigenvalue weighted by Gasteiger charge is -2.22. The summed E-state index contributed by atoms with van der Waals surface area (Å²) in [4.78, 5) is 31.6. The molecule has 5 nitrogen and oxygen atoms in total. The van der Waals surface area contributed by atoms with Gasteiger partial charge in [-0.15, -0.1) is 0 Å². The molecule has 0 saturated carbocycles. The standard InChI is InChI=1S/C21H20ClN3O2S/c1-3-13-6-4-5-12(2)19(13)25-11-14(9-18(25)26)20(27)24-21-23-16-8-7-15(22)10-17(16)28-21/h4-8,10,14H,3,9,11H2,1-2H3,(H,23,24,27). The number of para-hydroxylation sites is 1. The third-order valence-corrected chi connectivity index (χ3v) is 6.22. The molecule has 1 N–H and O–H groups in total. The molecule has 4 rings (SSSR count). The van der Waals surface area contributed by atoms with Gasteiger partial charge in [0.2, 0.25) is 11.8 Å². The minimum Gasteiger partial charge on any atom is -0.311 e. The molecule has 1 aliphatic heterocycles. The summed E-state index contributed by atoms with van der Waals surface area (Å²) in [5.41, 5.74) is 3.91. The van der Waals surface area contributed by atoms with Crippen molar-refractivity contribution < 1.29 is 9.59 Å². The first-order valence-corrected chi connectivity index (χ1v) is 10.4. The van der Waals surface area contributed by atoms with Gasteiger partial charge in [0, 0.05) is 23.7 Å². The molecule has 0 radical (unpaired) electrons. The van der Waals surface area contributed by atoms with E-state index >= 15 is 0 Å². The Labute approximate surface area is 172 Å². The summed E-state index contributed by atoms with van der Waals surface area (Å²) >= 11 is 7.39. The molecular formula is C21H20ClN3O2S. The fraction of sp³-hybridized carbons (Fsp3) is 0.286. The summed E-state index contributed by atoms with van der Waals surface area (Å²) in [5.74, 6) is -0.583. The van der Waals surface area contributed by atoms with E-state index in [-0.39, 0.29) is 18.2 Å². The quantitative estimate of drug-likeness (QED) is 0.667. The first kappa shape index (κ1) is 18.9. The van der Waals surface area contributed by atoms with Gasteiger partial charge in [-0.1, -0.05) is 48.1 Å². The first-order chi connectivity index (χ1) is 13.5. The Balaban J connectivity index is 1.52. The predicted molar refractivity (Wildman–Crippen MR) is 114 cm³/mol. The van der Waals surface area contributed by atoms with Gasteiger partial charge in [0.25, 0.3) is 0 Å². The fourth-order valence-electron chi connectivity index (χ4n) is 3.65. The molecule has 2 heterocycles. The molecule has 0 aliphatic carbocycles. The van der Waals surface area contributed by atoms with E-state index in [9.17, 15) is 9.59 Å². The molecule has 0 bridgehead atoms. The van der Waals surface area contributed by atoms with Crippen molar-refractivity contribution in [2.75, 3.05) is 16.8 Å². The predicted octanol–water partition coefficient (Wildman–Crippen LogP) is 4.81. The second-order valence-electron chi connectivity index (χ2n) is 6.96. The Hall–Kier alpha value is -2.44. The second kappa shape index (κ2) is 7.53. The molecule has 1 saturated heterocycles. The van der Waals surface area contributed by atoms with Gasteiger partial charge < -0.3 is 10.2 Å². The number of nitrogens with zero attached hydrogens (tertiary/aromatic N) is 2. The van der Waals surface area contributed by atoms with Crippen LogP contribution in [-0.2, 0) is 16.0 Å². The average molecular weight is 414 g/mol. The van der Waals surface area contributed by atoms with Crippen LogP contribution in [0.15, 0.2) is 36.4 Å². The number of nitrogens with one attached hydrogen (secondary N) is 1. The number of fused-ring (bicyclic) bond motifs is 1. The highest BCUT2D eigenvalue weighted by Crippen LogP contribution is 2.33. The van der Waals surface area contributed by atoms with Gasteiger partial charge in [0.05, 0.1) is 16.1 Å². The maximum Gasteiger partial charge on any atom is 0.231 e. The van der Waals surface area contributed by atoms with E-state index in [1.807, 2.05) is 37.3 Å². The zero-order valence-corrected chi connectivity index (χ0v) is 17.2. The highest BCUT2D eigenvalue weighted by atomic mass is 35.5. The maximum atomic E-state index is 12.8. The summed E-state index contributed by atoms with van der Waals surface area (Å²) in [5, 5.41) is 4.04. The number of carbonyl (C=O) groups is 2. The summed E-state index contributed by atoms with van der Waals surface area (Å²) in [6, 6.07) is 11.5. The Morgan fingerprint density at radius 2 is 2.18 bits per heavy atom. The van der Waals surface area contributed by atoms with E-state index in [1.165, 1.54) is 11.3 Å². The number of hydrogen-bond donors (Lipinski definition) is 1. The summed E-state index contributed by atoms with van der Waals surface area (Å²) in [6.45, 7) is 4.46. The molecule has 1 aromatic heterocycles. The normalized spacial score (nSPS) is 16.8. The number of carbonyl (C=O) groups excluding carboxylic acids is 2. The molecule has 3 aromatic rings. The number of halogens is 1. The number of amides is 2. The van der Waals surface area contributed by atoms with Gasteiger partial charge in [-0.2, -0.15) is 0 Å². The van der Waals surface area contributed by atoms with E-state index in [1.54, 1.807) is 11.0 Å². The Morgan fingerprint density at radius 3 is 2.96 bits per heavy atom. The van der Waals surface area contributed by atoms with Crippen LogP contribution >= 0.6 is 22.9 Å². The van der Waals surface area contributed by atoms with Crippen LogP contribution in [-0.4, -0.2) is 23.3 Å². The van der Waals surface area contributed by atoms with Crippen LogP contribution in [0.3, 0.4) is 0 Å². The van der Waals surface area contributed by atoms with E-state index in [4.69, 9.17) is 11.6 Å². The van der Waals surface area contributed by atoms with Gasteiger partial charge >= 0.3 is 0 Å². The van der Waals surface area contributed by atoms with Gasteiger partial charge in [0.1, 0.15) is 0 Å². The molecule has 1 fully saturated rings. The van der Waals surface area contributed by atoms with Gasteiger partial charge in [-0.05, 0) is 42.7 Å². The van der Waals surface area contributed by atoms with Crippen molar-refractivity contribution in [2.24, 2.45) is 5.92 Å². The zero-order chi connectivity index (χ0) is 19.8. The number of aryl methyl sites for hydroxylation is 2. The lowest BCUT2D eigenvalue weighted by molar-refractivity contribution is -0.122. The lowest BCUT2D eigenvalue weighted by Crippen LogP contribution is -2.29. The number of anilines is 2. The Kier molecular flexibility index (Phi) is 5.08. The molecule has 28 heavy (non-hydrogen) atoms. The van der Waals surface area contributed by atoms with Crippen molar-refractivity contribution in [3.8, 4) is 0 Å². The summed E-state index contributed by atoms with van der Waals surface area (Å²) < 4.78 is 0.916. The summed E-state index contributed by atoms with van der Waals surface area (Å²) in [6.07, 6.45) is 1.05. The molecular weight excluding hydrogens is 394 g/mol. The van der Waals surface area contributed by atoms with Crippen molar-refractivity contribution in [1.82, 2.24) is 4.98 Å². The Morgan fingerprint density at radius 1 is 1.36 bits per heavy atom. The molecule has 7 heteroatoms. The highest BCUT2D eigenvalue weighted by molar-refractivity contribution is 7.22. The highest BCUT2D eigenvalue weighted by Gasteiger charge is 2.36. The van der Waals surface area contributed by atoms with Crippen molar-refractivity contribution in [3.63, 3.8) is 0 Å². The molecule has 1 atom stereocenters. The second-order valence-corrected chi connectivity index (χ2v) is 8.43. The van der Waals surface area contributed by atoms with Crippen molar-refractivity contribution in [3.05, 3.63) is 52.5 Å². The van der Waals surface area contributed by atoms with E-state index in [2.05, 4.69) is 17.2 Å². The topological polar surface area (TPSA) is 62.3 Å². The number of thiazole rings is 1. The van der Waals surface area contributed by atoms with Crippen LogP contribution < -0.4 is 10.2 Å². The van der Waals surface area contributed by atoms with Crippen molar-refractivity contribution in [1.29, 1.82) is 0 Å². The molecule has 2 aromatic carbocycles. The van der Waals surface area contributed by atoms with Crippen molar-refractivity contribution >= 4 is 55.8 Å².